The molecule has 3 saturated heterocycles. The van der Waals surface area contributed by atoms with Crippen molar-refractivity contribution in [2.75, 3.05) is 26.4 Å². The predicted molar refractivity (Wildman–Crippen MR) is 159 cm³/mol. The second-order valence-electron chi connectivity index (χ2n) is 11.1. The fourth-order valence-corrected chi connectivity index (χ4v) is 6.04. The van der Waals surface area contributed by atoms with Gasteiger partial charge in [-0.1, -0.05) is 13.8 Å². The summed E-state index contributed by atoms with van der Waals surface area (Å²) in [6.07, 6.45) is 13.4. The normalized spacial score (nSPS) is 21.5. The summed E-state index contributed by atoms with van der Waals surface area (Å²) in [5.74, 6) is 0.975. The molecule has 42 heavy (non-hydrogen) atoms. The molecular formula is C30H44N8O4. The molecule has 3 aromatic heterocycles. The van der Waals surface area contributed by atoms with E-state index in [0.717, 1.165) is 112 Å². The van der Waals surface area contributed by atoms with Crippen LogP contribution in [0.5, 0.6) is 0 Å². The van der Waals surface area contributed by atoms with E-state index in [1.165, 1.54) is 6.42 Å². The van der Waals surface area contributed by atoms with E-state index < -0.39 is 0 Å². The van der Waals surface area contributed by atoms with Gasteiger partial charge in [-0.15, -0.1) is 0 Å². The third kappa shape index (κ3) is 6.82. The highest BCUT2D eigenvalue weighted by Crippen LogP contribution is 2.30. The lowest BCUT2D eigenvalue weighted by molar-refractivity contribution is -0.0411. The maximum absolute atomic E-state index is 12.3. The minimum absolute atomic E-state index is 0.0159. The maximum Gasteiger partial charge on any atom is 0.251 e. The van der Waals surface area contributed by atoms with Gasteiger partial charge in [0.25, 0.3) is 5.56 Å². The molecule has 6 heterocycles. The van der Waals surface area contributed by atoms with Crippen molar-refractivity contribution in [2.45, 2.75) is 96.4 Å². The third-order valence-electron chi connectivity index (χ3n) is 8.27. The van der Waals surface area contributed by atoms with Crippen molar-refractivity contribution in [3.63, 3.8) is 0 Å². The topological polar surface area (TPSA) is 159 Å². The molecule has 0 spiro atoms. The molecule has 0 saturated carbocycles. The van der Waals surface area contributed by atoms with E-state index in [1.54, 1.807) is 12.3 Å². The number of aromatic nitrogens is 6. The summed E-state index contributed by atoms with van der Waals surface area (Å²) in [7, 11) is 0. The molecule has 0 aliphatic carbocycles. The SMILES string of the molecule is CCc1c(-c2nc(C3CCOCC3)cc(=O)[nH]2)cnn1C1CCCCO1.CCc1c(C(=N)N)cnn1C1CCCCO1. The second-order valence-corrected chi connectivity index (χ2v) is 11.1. The summed E-state index contributed by atoms with van der Waals surface area (Å²) in [6.45, 7) is 7.17. The molecule has 0 amide bonds. The molecule has 0 radical (unpaired) electrons. The molecule has 3 aromatic rings. The quantitative estimate of drug-likeness (QED) is 0.277. The monoisotopic (exact) mass is 580 g/mol. The molecule has 4 N–H and O–H groups in total. The number of amidine groups is 1. The van der Waals surface area contributed by atoms with E-state index in [2.05, 4.69) is 22.1 Å². The number of nitrogens with two attached hydrogens (primary N) is 1. The van der Waals surface area contributed by atoms with Gasteiger partial charge in [0, 0.05) is 38.4 Å². The van der Waals surface area contributed by atoms with Crippen molar-refractivity contribution in [2.24, 2.45) is 5.73 Å². The van der Waals surface area contributed by atoms with E-state index in [-0.39, 0.29) is 29.8 Å². The summed E-state index contributed by atoms with van der Waals surface area (Å²) in [5.41, 5.74) is 9.96. The van der Waals surface area contributed by atoms with Crippen LogP contribution in [0.1, 0.15) is 106 Å². The van der Waals surface area contributed by atoms with Crippen molar-refractivity contribution in [1.82, 2.24) is 29.5 Å². The van der Waals surface area contributed by atoms with Gasteiger partial charge < -0.3 is 24.9 Å². The van der Waals surface area contributed by atoms with Crippen molar-refractivity contribution < 1.29 is 14.2 Å². The average molecular weight is 581 g/mol. The van der Waals surface area contributed by atoms with Crippen molar-refractivity contribution in [3.8, 4) is 11.4 Å². The van der Waals surface area contributed by atoms with E-state index in [4.69, 9.17) is 30.3 Å². The number of hydrogen-bond acceptors (Lipinski definition) is 8. The molecule has 0 bridgehead atoms. The summed E-state index contributed by atoms with van der Waals surface area (Å²) in [5, 5.41) is 16.4. The van der Waals surface area contributed by atoms with Crippen LogP contribution < -0.4 is 11.3 Å². The van der Waals surface area contributed by atoms with Crippen molar-refractivity contribution in [1.29, 1.82) is 5.41 Å². The Morgan fingerprint density at radius 3 is 2.12 bits per heavy atom. The summed E-state index contributed by atoms with van der Waals surface area (Å²) in [6, 6.07) is 1.62. The van der Waals surface area contributed by atoms with Gasteiger partial charge in [-0.25, -0.2) is 14.3 Å². The van der Waals surface area contributed by atoms with E-state index in [0.29, 0.717) is 5.82 Å². The van der Waals surface area contributed by atoms with Gasteiger partial charge in [-0.05, 0) is 64.2 Å². The first-order valence-corrected chi connectivity index (χ1v) is 15.4. The number of aromatic amines is 1. The zero-order chi connectivity index (χ0) is 29.5. The standard InChI is InChI=1S/C19H26N4O3.C11H18N4O/c1-2-16-14(12-20-23(16)18-5-3-4-8-26-18)19-21-15(11-17(24)22-19)13-6-9-25-10-7-13;1-2-9-8(11(12)13)7-14-15(9)10-5-3-4-6-16-10/h11-13,18H,2-10H2,1H3,(H,21,22,24);7,10H,2-6H2,1H3,(H3,12,13). The van der Waals surface area contributed by atoms with Crippen LogP contribution >= 0.6 is 0 Å². The average Bonchev–Trinajstić information content (AvgIpc) is 3.67. The number of rotatable bonds is 7. The maximum atomic E-state index is 12.3. The van der Waals surface area contributed by atoms with Crippen LogP contribution in [0.15, 0.2) is 23.3 Å². The van der Waals surface area contributed by atoms with Gasteiger partial charge in [0.05, 0.1) is 40.6 Å². The molecule has 2 unspecified atom stereocenters. The second kappa shape index (κ2) is 14.2. The van der Waals surface area contributed by atoms with Crippen LogP contribution in [0.4, 0.5) is 0 Å². The van der Waals surface area contributed by atoms with E-state index in [9.17, 15) is 4.79 Å². The fraction of sp³-hybridized carbons (Fsp3) is 0.633. The highest BCUT2D eigenvalue weighted by Gasteiger charge is 2.24. The van der Waals surface area contributed by atoms with Gasteiger partial charge in [0.15, 0.2) is 0 Å². The molecule has 12 nitrogen and oxygen atoms in total. The molecule has 228 valence electrons. The van der Waals surface area contributed by atoms with Gasteiger partial charge in [0.2, 0.25) is 0 Å². The van der Waals surface area contributed by atoms with Crippen LogP contribution in [0.3, 0.4) is 0 Å². The molecular weight excluding hydrogens is 536 g/mol. The zero-order valence-corrected chi connectivity index (χ0v) is 24.8. The number of nitrogen functional groups attached to an aromatic ring is 1. The number of hydrogen-bond donors (Lipinski definition) is 3. The number of nitrogens with zero attached hydrogens (tertiary/aromatic N) is 5. The Bertz CT molecular complexity index is 1380. The van der Waals surface area contributed by atoms with Gasteiger partial charge >= 0.3 is 0 Å². The Morgan fingerprint density at radius 1 is 0.929 bits per heavy atom. The number of H-pyrrole nitrogens is 1. The Hall–Kier alpha value is -3.35. The first-order valence-electron chi connectivity index (χ1n) is 15.4. The highest BCUT2D eigenvalue weighted by molar-refractivity contribution is 5.95. The van der Waals surface area contributed by atoms with Crippen LogP contribution in [0.2, 0.25) is 0 Å². The van der Waals surface area contributed by atoms with E-state index in [1.807, 2.05) is 22.5 Å². The smallest absolute Gasteiger partial charge is 0.251 e. The molecule has 3 aliphatic heterocycles. The molecule has 3 fully saturated rings. The summed E-state index contributed by atoms with van der Waals surface area (Å²) in [4.78, 5) is 19.9. The molecule has 6 rings (SSSR count). The number of ether oxygens (including phenoxy) is 3. The van der Waals surface area contributed by atoms with Gasteiger partial charge in [-0.2, -0.15) is 10.2 Å². The fourth-order valence-electron chi connectivity index (χ4n) is 6.04. The van der Waals surface area contributed by atoms with E-state index >= 15 is 0 Å². The highest BCUT2D eigenvalue weighted by atomic mass is 16.5. The first kappa shape index (κ1) is 30.1. The Balaban J connectivity index is 0.000000189. The lowest BCUT2D eigenvalue weighted by atomic mass is 9.96. The Morgan fingerprint density at radius 2 is 1.55 bits per heavy atom. The third-order valence-corrected chi connectivity index (χ3v) is 8.27. The van der Waals surface area contributed by atoms with Gasteiger partial charge in [0.1, 0.15) is 24.1 Å². The summed E-state index contributed by atoms with van der Waals surface area (Å²) < 4.78 is 20.9. The molecule has 0 aromatic carbocycles. The minimum atomic E-state index is -0.111. The lowest BCUT2D eigenvalue weighted by Crippen LogP contribution is -2.22. The lowest BCUT2D eigenvalue weighted by Gasteiger charge is -2.24. The summed E-state index contributed by atoms with van der Waals surface area (Å²) >= 11 is 0. The zero-order valence-electron chi connectivity index (χ0n) is 24.8. The van der Waals surface area contributed by atoms with Crippen LogP contribution in [0.25, 0.3) is 11.4 Å². The van der Waals surface area contributed by atoms with Crippen LogP contribution in [-0.2, 0) is 27.1 Å². The largest absolute Gasteiger partial charge is 0.384 e. The van der Waals surface area contributed by atoms with Crippen molar-refractivity contribution >= 4 is 5.84 Å². The Labute approximate surface area is 246 Å². The predicted octanol–water partition coefficient (Wildman–Crippen LogP) is 4.22. The van der Waals surface area contributed by atoms with Crippen LogP contribution in [-0.4, -0.2) is 61.8 Å². The molecule has 12 heteroatoms. The molecule has 2 atom stereocenters. The first-order chi connectivity index (χ1) is 20.5. The van der Waals surface area contributed by atoms with Crippen molar-refractivity contribution in [3.05, 3.63) is 51.5 Å². The molecule has 3 aliphatic rings. The number of nitrogens with one attached hydrogen (secondary N) is 2. The van der Waals surface area contributed by atoms with Gasteiger partial charge in [-0.3, -0.25) is 10.2 Å². The minimum Gasteiger partial charge on any atom is -0.384 e. The van der Waals surface area contributed by atoms with Crippen LogP contribution in [0, 0.1) is 5.41 Å². The Kier molecular flexibility index (Phi) is 10.2.